The fraction of sp³-hybridized carbons (Fsp3) is 0.300. The Morgan fingerprint density at radius 2 is 1.46 bits per heavy atom. The van der Waals surface area contributed by atoms with Gasteiger partial charge in [0.1, 0.15) is 5.82 Å². The summed E-state index contributed by atoms with van der Waals surface area (Å²) < 4.78 is 44.3. The lowest BCUT2D eigenvalue weighted by Crippen LogP contribution is -2.30. The van der Waals surface area contributed by atoms with Crippen molar-refractivity contribution < 1.29 is 27.1 Å². The molecule has 0 fully saturated rings. The molecule has 0 N–H and O–H groups in total. The van der Waals surface area contributed by atoms with E-state index in [9.17, 15) is 22.4 Å². The highest BCUT2D eigenvalue weighted by molar-refractivity contribution is 7.89. The number of carbonyl (C=O) groups excluding carboxylic acids is 2. The molecule has 0 aliphatic carbocycles. The lowest BCUT2D eigenvalue weighted by Gasteiger charge is -2.18. The monoisotopic (exact) mass is 407 g/mol. The van der Waals surface area contributed by atoms with Gasteiger partial charge in [-0.05, 0) is 55.5 Å². The summed E-state index contributed by atoms with van der Waals surface area (Å²) in [4.78, 5) is 24.6. The van der Waals surface area contributed by atoms with E-state index in [1.54, 1.807) is 13.8 Å². The first-order valence-corrected chi connectivity index (χ1v) is 10.3. The van der Waals surface area contributed by atoms with Crippen molar-refractivity contribution in [2.45, 2.75) is 31.8 Å². The van der Waals surface area contributed by atoms with Gasteiger partial charge in [-0.3, -0.25) is 4.79 Å². The summed E-state index contributed by atoms with van der Waals surface area (Å²) in [6.45, 7) is 5.58. The zero-order valence-electron chi connectivity index (χ0n) is 15.9. The van der Waals surface area contributed by atoms with Crippen molar-refractivity contribution in [1.29, 1.82) is 0 Å². The number of esters is 1. The molecule has 150 valence electrons. The summed E-state index contributed by atoms with van der Waals surface area (Å²) in [5, 5.41) is 0. The Labute approximate surface area is 164 Å². The van der Waals surface area contributed by atoms with E-state index < -0.39 is 33.7 Å². The number of Topliss-reactive ketones (excluding diaryl/α,β-unsaturated/α-hetero) is 1. The largest absolute Gasteiger partial charge is 0.451 e. The normalized spacial score (nSPS) is 12.6. The van der Waals surface area contributed by atoms with Crippen molar-refractivity contribution in [3.63, 3.8) is 0 Å². The minimum Gasteiger partial charge on any atom is -0.451 e. The molecule has 6 nitrogen and oxygen atoms in total. The first-order chi connectivity index (χ1) is 13.2. The smallest absolute Gasteiger partial charge is 0.338 e. The van der Waals surface area contributed by atoms with Crippen molar-refractivity contribution in [2.24, 2.45) is 0 Å². The molecule has 0 spiro atoms. The number of hydrogen-bond donors (Lipinski definition) is 0. The van der Waals surface area contributed by atoms with E-state index in [1.165, 1.54) is 47.6 Å². The summed E-state index contributed by atoms with van der Waals surface area (Å²) in [7, 11) is -3.62. The Bertz CT molecular complexity index is 936. The minimum absolute atomic E-state index is 0.0724. The summed E-state index contributed by atoms with van der Waals surface area (Å²) in [5.41, 5.74) is 0.347. The molecule has 0 aromatic heterocycles. The quantitative estimate of drug-likeness (QED) is 0.496. The maximum atomic E-state index is 13.0. The first kappa shape index (κ1) is 21.7. The highest BCUT2D eigenvalue weighted by Gasteiger charge is 2.23. The Kier molecular flexibility index (Phi) is 7.04. The fourth-order valence-electron chi connectivity index (χ4n) is 2.61. The van der Waals surface area contributed by atoms with Gasteiger partial charge in [-0.2, -0.15) is 4.31 Å². The number of rotatable bonds is 8. The molecule has 8 heteroatoms. The average Bonchev–Trinajstić information content (AvgIpc) is 2.68. The molecule has 0 bridgehead atoms. The van der Waals surface area contributed by atoms with Gasteiger partial charge in [0.25, 0.3) is 0 Å². The highest BCUT2D eigenvalue weighted by atomic mass is 32.2. The third kappa shape index (κ3) is 4.82. The topological polar surface area (TPSA) is 80.8 Å². The number of carbonyl (C=O) groups is 2. The van der Waals surface area contributed by atoms with Gasteiger partial charge >= 0.3 is 5.97 Å². The van der Waals surface area contributed by atoms with Crippen LogP contribution in [0.3, 0.4) is 0 Å². The molecule has 0 unspecified atom stereocenters. The second kappa shape index (κ2) is 9.07. The van der Waals surface area contributed by atoms with Gasteiger partial charge in [0, 0.05) is 18.7 Å². The fourth-order valence-corrected chi connectivity index (χ4v) is 4.06. The third-order valence-corrected chi connectivity index (χ3v) is 6.28. The van der Waals surface area contributed by atoms with Crippen molar-refractivity contribution in [2.75, 3.05) is 13.1 Å². The van der Waals surface area contributed by atoms with E-state index in [1.807, 2.05) is 0 Å². The summed E-state index contributed by atoms with van der Waals surface area (Å²) in [5.74, 6) is -1.69. The van der Waals surface area contributed by atoms with Crippen molar-refractivity contribution in [3.8, 4) is 0 Å². The van der Waals surface area contributed by atoms with Crippen molar-refractivity contribution >= 4 is 21.8 Å². The molecule has 0 heterocycles. The lowest BCUT2D eigenvalue weighted by atomic mass is 10.1. The zero-order chi connectivity index (χ0) is 20.9. The van der Waals surface area contributed by atoms with E-state index in [0.29, 0.717) is 13.1 Å². The van der Waals surface area contributed by atoms with Crippen LogP contribution in [-0.2, 0) is 14.8 Å². The Morgan fingerprint density at radius 3 is 1.96 bits per heavy atom. The number of ketones is 1. The summed E-state index contributed by atoms with van der Waals surface area (Å²) >= 11 is 0. The van der Waals surface area contributed by atoms with Gasteiger partial charge in [0.15, 0.2) is 6.10 Å². The molecular weight excluding hydrogens is 385 g/mol. The van der Waals surface area contributed by atoms with Crippen LogP contribution in [0.15, 0.2) is 53.4 Å². The predicted octanol–water partition coefficient (Wildman–Crippen LogP) is 3.28. The van der Waals surface area contributed by atoms with Gasteiger partial charge in [0.2, 0.25) is 15.8 Å². The lowest BCUT2D eigenvalue weighted by molar-refractivity contribution is 0.0318. The predicted molar refractivity (Wildman–Crippen MR) is 102 cm³/mol. The van der Waals surface area contributed by atoms with Crippen LogP contribution in [0.25, 0.3) is 0 Å². The Balaban J connectivity index is 2.10. The maximum absolute atomic E-state index is 13.0. The molecule has 0 amide bonds. The number of sulfonamides is 1. The van der Waals surface area contributed by atoms with Crippen LogP contribution in [0, 0.1) is 5.82 Å². The van der Waals surface area contributed by atoms with Crippen molar-refractivity contribution in [3.05, 3.63) is 65.5 Å². The van der Waals surface area contributed by atoms with Crippen molar-refractivity contribution in [1.82, 2.24) is 4.31 Å². The second-order valence-corrected chi connectivity index (χ2v) is 7.97. The molecule has 28 heavy (non-hydrogen) atoms. The number of ether oxygens (including phenoxy) is 1. The highest BCUT2D eigenvalue weighted by Crippen LogP contribution is 2.17. The van der Waals surface area contributed by atoms with Crippen LogP contribution in [-0.4, -0.2) is 43.7 Å². The van der Waals surface area contributed by atoms with E-state index in [0.717, 1.165) is 12.1 Å². The standard InChI is InChI=1S/C20H22FNO5S/c1-4-22(5-2)28(25,26)18-12-8-16(9-13-18)20(24)27-14(3)19(23)15-6-10-17(21)11-7-15/h6-14H,4-5H2,1-3H3/t14-/m1/s1. The van der Waals surface area contributed by atoms with Crippen LogP contribution < -0.4 is 0 Å². The number of halogens is 1. The van der Waals surface area contributed by atoms with Gasteiger partial charge in [0.05, 0.1) is 10.5 Å². The molecule has 2 rings (SSSR count). The summed E-state index contributed by atoms with van der Waals surface area (Å²) in [6, 6.07) is 10.3. The van der Waals surface area contributed by atoms with Gasteiger partial charge < -0.3 is 4.74 Å². The number of hydrogen-bond acceptors (Lipinski definition) is 5. The van der Waals surface area contributed by atoms with Crippen LogP contribution in [0.5, 0.6) is 0 Å². The molecular formula is C20H22FNO5S. The second-order valence-electron chi connectivity index (χ2n) is 6.03. The SMILES string of the molecule is CCN(CC)S(=O)(=O)c1ccc(C(=O)O[C@H](C)C(=O)c2ccc(F)cc2)cc1. The van der Waals surface area contributed by atoms with Crippen LogP contribution in [0.1, 0.15) is 41.5 Å². The Morgan fingerprint density at radius 1 is 0.964 bits per heavy atom. The molecule has 0 saturated carbocycles. The third-order valence-electron chi connectivity index (χ3n) is 4.21. The summed E-state index contributed by atoms with van der Waals surface area (Å²) in [6.07, 6.45) is -1.07. The van der Waals surface area contributed by atoms with Gasteiger partial charge in [-0.1, -0.05) is 13.8 Å². The molecule has 0 radical (unpaired) electrons. The zero-order valence-corrected chi connectivity index (χ0v) is 16.7. The first-order valence-electron chi connectivity index (χ1n) is 8.81. The van der Waals surface area contributed by atoms with E-state index in [4.69, 9.17) is 4.74 Å². The molecule has 2 aromatic rings. The number of nitrogens with zero attached hydrogens (tertiary/aromatic N) is 1. The van der Waals surface area contributed by atoms with E-state index in [2.05, 4.69) is 0 Å². The van der Waals surface area contributed by atoms with Crippen LogP contribution in [0.4, 0.5) is 4.39 Å². The maximum Gasteiger partial charge on any atom is 0.338 e. The van der Waals surface area contributed by atoms with E-state index in [-0.39, 0.29) is 16.0 Å². The van der Waals surface area contributed by atoms with Crippen LogP contribution >= 0.6 is 0 Å². The van der Waals surface area contributed by atoms with E-state index >= 15 is 0 Å². The van der Waals surface area contributed by atoms with Gasteiger partial charge in [-0.25, -0.2) is 17.6 Å². The molecule has 0 saturated heterocycles. The van der Waals surface area contributed by atoms with Crippen LogP contribution in [0.2, 0.25) is 0 Å². The minimum atomic E-state index is -3.62. The average molecular weight is 407 g/mol. The molecule has 0 aliphatic rings. The Hall–Kier alpha value is -2.58. The molecule has 0 aliphatic heterocycles. The molecule has 2 aromatic carbocycles. The van der Waals surface area contributed by atoms with Gasteiger partial charge in [-0.15, -0.1) is 0 Å². The molecule has 1 atom stereocenters. The number of benzene rings is 2.